The highest BCUT2D eigenvalue weighted by atomic mass is 35.5. The molecule has 1 saturated heterocycles. The molecule has 29 heavy (non-hydrogen) atoms. The first-order valence-corrected chi connectivity index (χ1v) is 10.9. The molecule has 1 aromatic carbocycles. The Kier molecular flexibility index (Phi) is 8.81. The molecule has 0 N–H and O–H groups in total. The van der Waals surface area contributed by atoms with Gasteiger partial charge in [-0.3, -0.25) is 4.90 Å². The van der Waals surface area contributed by atoms with Gasteiger partial charge in [0, 0.05) is 18.6 Å². The zero-order valence-electron chi connectivity index (χ0n) is 20.0. The summed E-state index contributed by atoms with van der Waals surface area (Å²) in [4.78, 5) is 15.5. The third-order valence-electron chi connectivity index (χ3n) is 6.05. The Bertz CT molecular complexity index is 645. The Morgan fingerprint density at radius 3 is 1.86 bits per heavy atom. The van der Waals surface area contributed by atoms with E-state index < -0.39 is 0 Å². The fourth-order valence-corrected chi connectivity index (χ4v) is 4.03. The van der Waals surface area contributed by atoms with Gasteiger partial charge in [-0.2, -0.15) is 0 Å². The van der Waals surface area contributed by atoms with E-state index in [2.05, 4.69) is 66.4 Å². The highest BCUT2D eigenvalue weighted by Gasteiger charge is 2.28. The van der Waals surface area contributed by atoms with Crippen molar-refractivity contribution in [1.82, 2.24) is 4.90 Å². The molecule has 0 saturated carbocycles. The minimum Gasteiger partial charge on any atom is -0.458 e. The quantitative estimate of drug-likeness (QED) is 0.516. The SMILES string of the molecule is CC(CN1C(C)CCCC1C)OC(=O)c1cc(C(C)(C)C)cc(C(C)(C)C)c1.Cl. The number of hydrogen-bond donors (Lipinski definition) is 0. The Hall–Kier alpha value is -1.06. The van der Waals surface area contributed by atoms with Crippen molar-refractivity contribution in [3.8, 4) is 0 Å². The van der Waals surface area contributed by atoms with Gasteiger partial charge in [0.1, 0.15) is 6.10 Å². The molecule has 0 amide bonds. The van der Waals surface area contributed by atoms with Crippen molar-refractivity contribution in [2.75, 3.05) is 6.54 Å². The van der Waals surface area contributed by atoms with Gasteiger partial charge in [0.2, 0.25) is 0 Å². The van der Waals surface area contributed by atoms with Gasteiger partial charge in [0.15, 0.2) is 0 Å². The van der Waals surface area contributed by atoms with Crippen LogP contribution in [0.1, 0.15) is 103 Å². The minimum absolute atomic E-state index is 0. The number of carbonyl (C=O) groups excluding carboxylic acids is 1. The number of carbonyl (C=O) groups is 1. The van der Waals surface area contributed by atoms with Crippen LogP contribution >= 0.6 is 12.4 Å². The number of rotatable bonds is 4. The van der Waals surface area contributed by atoms with E-state index in [4.69, 9.17) is 4.74 Å². The van der Waals surface area contributed by atoms with Crippen LogP contribution in [0.5, 0.6) is 0 Å². The van der Waals surface area contributed by atoms with E-state index in [-0.39, 0.29) is 35.3 Å². The molecule has 3 atom stereocenters. The smallest absolute Gasteiger partial charge is 0.338 e. The highest BCUT2D eigenvalue weighted by Crippen LogP contribution is 2.31. The van der Waals surface area contributed by atoms with Gasteiger partial charge in [-0.05, 0) is 67.7 Å². The zero-order chi connectivity index (χ0) is 21.3. The van der Waals surface area contributed by atoms with Gasteiger partial charge in [0.25, 0.3) is 0 Å². The summed E-state index contributed by atoms with van der Waals surface area (Å²) in [5, 5.41) is 0. The predicted molar refractivity (Wildman–Crippen MR) is 125 cm³/mol. The Morgan fingerprint density at radius 2 is 1.45 bits per heavy atom. The first-order valence-electron chi connectivity index (χ1n) is 10.9. The fraction of sp³-hybridized carbons (Fsp3) is 0.720. The maximum Gasteiger partial charge on any atom is 0.338 e. The molecule has 1 aromatic rings. The van der Waals surface area contributed by atoms with Crippen LogP contribution in [-0.2, 0) is 15.6 Å². The van der Waals surface area contributed by atoms with Crippen molar-refractivity contribution in [2.24, 2.45) is 0 Å². The van der Waals surface area contributed by atoms with Gasteiger partial charge in [-0.1, -0.05) is 54.0 Å². The molecule has 1 heterocycles. The lowest BCUT2D eigenvalue weighted by Gasteiger charge is -2.40. The van der Waals surface area contributed by atoms with Crippen molar-refractivity contribution in [1.29, 1.82) is 0 Å². The minimum atomic E-state index is -0.207. The van der Waals surface area contributed by atoms with Crippen LogP contribution in [0.2, 0.25) is 0 Å². The number of nitrogens with zero attached hydrogens (tertiary/aromatic N) is 1. The lowest BCUT2D eigenvalue weighted by molar-refractivity contribution is 0.00809. The summed E-state index contributed by atoms with van der Waals surface area (Å²) in [6.45, 7) is 20.5. The first kappa shape index (κ1) is 26.0. The van der Waals surface area contributed by atoms with E-state index in [1.807, 2.05) is 19.1 Å². The average molecular weight is 424 g/mol. The molecule has 4 heteroatoms. The first-order chi connectivity index (χ1) is 12.8. The van der Waals surface area contributed by atoms with E-state index >= 15 is 0 Å². The maximum atomic E-state index is 13.0. The number of esters is 1. The van der Waals surface area contributed by atoms with Gasteiger partial charge < -0.3 is 4.74 Å². The van der Waals surface area contributed by atoms with Gasteiger partial charge >= 0.3 is 5.97 Å². The summed E-state index contributed by atoms with van der Waals surface area (Å²) in [5.41, 5.74) is 3.00. The van der Waals surface area contributed by atoms with Crippen LogP contribution in [0.4, 0.5) is 0 Å². The van der Waals surface area contributed by atoms with Crippen molar-refractivity contribution >= 4 is 18.4 Å². The van der Waals surface area contributed by atoms with E-state index in [1.54, 1.807) is 0 Å². The monoisotopic (exact) mass is 423 g/mol. The second-order valence-corrected chi connectivity index (χ2v) is 10.8. The molecule has 0 bridgehead atoms. The van der Waals surface area contributed by atoms with Crippen LogP contribution < -0.4 is 0 Å². The lowest BCUT2D eigenvalue weighted by atomic mass is 9.79. The molecule has 2 rings (SSSR count). The summed E-state index contributed by atoms with van der Waals surface area (Å²) < 4.78 is 5.89. The Labute approximate surface area is 185 Å². The molecule has 0 aromatic heterocycles. The molecule has 1 aliphatic heterocycles. The molecule has 1 aliphatic rings. The second-order valence-electron chi connectivity index (χ2n) is 10.8. The van der Waals surface area contributed by atoms with E-state index in [9.17, 15) is 4.79 Å². The summed E-state index contributed by atoms with van der Waals surface area (Å²) in [7, 11) is 0. The van der Waals surface area contributed by atoms with E-state index in [0.717, 1.165) is 6.54 Å². The summed E-state index contributed by atoms with van der Waals surface area (Å²) in [6, 6.07) is 7.37. The third kappa shape index (κ3) is 7.00. The average Bonchev–Trinajstić information content (AvgIpc) is 2.56. The van der Waals surface area contributed by atoms with Crippen LogP contribution in [0.25, 0.3) is 0 Å². The van der Waals surface area contributed by atoms with E-state index in [0.29, 0.717) is 17.6 Å². The van der Waals surface area contributed by atoms with Crippen molar-refractivity contribution < 1.29 is 9.53 Å². The molecule has 0 aliphatic carbocycles. The third-order valence-corrected chi connectivity index (χ3v) is 6.05. The van der Waals surface area contributed by atoms with Gasteiger partial charge in [-0.25, -0.2) is 4.79 Å². The van der Waals surface area contributed by atoms with Gasteiger partial charge in [0.05, 0.1) is 5.56 Å². The second kappa shape index (κ2) is 9.83. The molecular formula is C25H42ClNO2. The molecule has 1 fully saturated rings. The van der Waals surface area contributed by atoms with Crippen LogP contribution in [0.15, 0.2) is 18.2 Å². The van der Waals surface area contributed by atoms with Crippen molar-refractivity contribution in [3.63, 3.8) is 0 Å². The number of likely N-dealkylation sites (tertiary alicyclic amines) is 1. The lowest BCUT2D eigenvalue weighted by Crippen LogP contribution is -2.47. The summed E-state index contributed by atoms with van der Waals surface area (Å²) in [5.74, 6) is -0.207. The summed E-state index contributed by atoms with van der Waals surface area (Å²) >= 11 is 0. The molecular weight excluding hydrogens is 382 g/mol. The maximum absolute atomic E-state index is 13.0. The molecule has 166 valence electrons. The topological polar surface area (TPSA) is 29.5 Å². The Morgan fingerprint density at radius 1 is 1.00 bits per heavy atom. The van der Waals surface area contributed by atoms with Crippen LogP contribution in [0, 0.1) is 0 Å². The predicted octanol–water partition coefficient (Wildman–Crippen LogP) is 6.51. The largest absolute Gasteiger partial charge is 0.458 e. The summed E-state index contributed by atoms with van der Waals surface area (Å²) in [6.07, 6.45) is 3.63. The van der Waals surface area contributed by atoms with Gasteiger partial charge in [-0.15, -0.1) is 12.4 Å². The number of hydrogen-bond acceptors (Lipinski definition) is 3. The zero-order valence-corrected chi connectivity index (χ0v) is 20.8. The highest BCUT2D eigenvalue weighted by molar-refractivity contribution is 5.90. The molecule has 3 nitrogen and oxygen atoms in total. The van der Waals surface area contributed by atoms with Crippen molar-refractivity contribution in [2.45, 2.75) is 111 Å². The standard InChI is InChI=1S/C25H41NO2.ClH/c1-17-11-10-12-18(2)26(17)16-19(3)28-23(27)20-13-21(24(4,5)6)15-22(14-20)25(7,8)9;/h13-15,17-19H,10-12,16H2,1-9H3;1H. The van der Waals surface area contributed by atoms with Crippen LogP contribution in [0.3, 0.4) is 0 Å². The molecule has 0 radical (unpaired) electrons. The van der Waals surface area contributed by atoms with Crippen LogP contribution in [-0.4, -0.2) is 35.6 Å². The number of piperidine rings is 1. The molecule has 3 unspecified atom stereocenters. The Balaban J connectivity index is 0.00000420. The normalized spacial score (nSPS) is 22.0. The number of ether oxygens (including phenoxy) is 1. The fourth-order valence-electron chi connectivity index (χ4n) is 4.03. The molecule has 0 spiro atoms. The number of halogens is 1. The number of benzene rings is 1. The van der Waals surface area contributed by atoms with Crippen molar-refractivity contribution in [3.05, 3.63) is 34.9 Å². The van der Waals surface area contributed by atoms with E-state index in [1.165, 1.54) is 30.4 Å².